The maximum Gasteiger partial charge on any atom is -0.147 e. The minimum Gasteiger partial charge on any atom is -0.147 e. The van der Waals surface area contributed by atoms with E-state index in [0.717, 1.165) is 12.8 Å². The summed E-state index contributed by atoms with van der Waals surface area (Å²) in [7, 11) is 0. The summed E-state index contributed by atoms with van der Waals surface area (Å²) in [5.41, 5.74) is 18.0. The van der Waals surface area contributed by atoms with E-state index in [1.165, 1.54) is 155 Å². The van der Waals surface area contributed by atoms with Crippen LogP contribution in [0.3, 0.4) is 0 Å². The Bertz CT molecular complexity index is 2150. The van der Waals surface area contributed by atoms with Gasteiger partial charge in [-0.2, -0.15) is 0 Å². The molecule has 2 saturated carbocycles. The van der Waals surface area contributed by atoms with Crippen LogP contribution in [0.2, 0.25) is 8.76 Å². The van der Waals surface area contributed by atoms with E-state index in [9.17, 15) is 0 Å². The van der Waals surface area contributed by atoms with E-state index < -0.39 is 30.0 Å². The van der Waals surface area contributed by atoms with E-state index in [1.807, 2.05) is 0 Å². The van der Waals surface area contributed by atoms with Crippen LogP contribution < -0.4 is 0 Å². The third-order valence-corrected chi connectivity index (χ3v) is 38.1. The number of fused-ring (bicyclic) bond motifs is 2. The molecule has 0 aliphatic heterocycles. The maximum absolute atomic E-state index is 15.1. The first-order chi connectivity index (χ1) is 28.2. The van der Waals surface area contributed by atoms with Crippen molar-refractivity contribution in [2.45, 2.75) is 146 Å². The largest absolute Gasteiger partial charge is 0.147 e. The standard InChI is InChI=1S/2C25H29.C3H4F3.CH3.2ClH.H2Si.Zr/c2*1-18-12-19(2)14-23(13-18)24-11-7-10-22-16-21(17-25(22)24)15-20-8-5-3-4-6-9-20;1-2-3(4,5)6;;;;;/h2*7,10-14,16-17,20H,3-6,8-9,15H2,1-2H3;1-2H2;1H3;2*1H;1H2;. The van der Waals surface area contributed by atoms with Gasteiger partial charge in [-0.25, -0.2) is 0 Å². The monoisotopic (exact) mass is 962 g/mol. The number of benzene rings is 4. The molecule has 2 unspecified atom stereocenters. The van der Waals surface area contributed by atoms with Gasteiger partial charge in [0.25, 0.3) is 0 Å². The van der Waals surface area contributed by atoms with Gasteiger partial charge in [-0.3, -0.25) is 0 Å². The minimum atomic E-state index is -4.84. The molecule has 2 fully saturated rings. The smallest absolute Gasteiger partial charge is 0.147 e. The molecule has 0 spiro atoms. The molecule has 328 valence electrons. The first-order valence-corrected chi connectivity index (χ1v) is 36.1. The number of hydrogen-bond acceptors (Lipinski definition) is 0. The van der Waals surface area contributed by atoms with Crippen LogP contribution in [0.5, 0.6) is 0 Å². The summed E-state index contributed by atoms with van der Waals surface area (Å²) in [6, 6.07) is 27.4. The summed E-state index contributed by atoms with van der Waals surface area (Å²) in [6.07, 6.45) is 17.3. The molecule has 4 aliphatic rings. The van der Waals surface area contributed by atoms with Gasteiger partial charge in [-0.05, 0) is 0 Å². The Morgan fingerprint density at radius 2 is 0.918 bits per heavy atom. The van der Waals surface area contributed by atoms with E-state index >= 15 is 13.2 Å². The molecular formula is C54H69Cl2F3SiZr. The summed E-state index contributed by atoms with van der Waals surface area (Å²) >= 11 is -4.84. The minimum absolute atomic E-state index is 0. The van der Waals surface area contributed by atoms with Crippen LogP contribution in [-0.2, 0) is 17.4 Å². The molecule has 4 aromatic carbocycles. The molecule has 0 N–H and O–H groups in total. The Morgan fingerprint density at radius 1 is 0.557 bits per heavy atom. The number of halogens is 5. The summed E-state index contributed by atoms with van der Waals surface area (Å²) in [6.45, 7) is 10.9. The summed E-state index contributed by atoms with van der Waals surface area (Å²) in [4.78, 5) is 0. The van der Waals surface area contributed by atoms with Crippen molar-refractivity contribution in [3.05, 3.63) is 128 Å². The summed E-state index contributed by atoms with van der Waals surface area (Å²) in [5, 5.41) is 0. The number of allylic oxidation sites excluding steroid dienone is 2. The molecule has 8 rings (SSSR count). The van der Waals surface area contributed by atoms with Crippen LogP contribution in [0.25, 0.3) is 34.4 Å². The van der Waals surface area contributed by atoms with Crippen molar-refractivity contribution >= 4 is 43.8 Å². The Kier molecular flexibility index (Phi) is 15.4. The van der Waals surface area contributed by atoms with Gasteiger partial charge in [0.2, 0.25) is 0 Å². The molecule has 0 bridgehead atoms. The SMILES string of the molecule is Cc1cc(C)cc(-c2cccc3c2C=C(CC2CCCCCC2)[CH]3[Zr]([CH3])(=[SiH2])([CH2]CC(F)(F)F)[CH]2C(CC3CCCCCC3)=Cc3c(-c4cc(C)cc(C)c4)cccc32)c1.Cl.Cl. The third-order valence-electron chi connectivity index (χ3n) is 15.2. The predicted molar refractivity (Wildman–Crippen MR) is 260 cm³/mol. The van der Waals surface area contributed by atoms with Crippen molar-refractivity contribution in [1.82, 2.24) is 0 Å². The van der Waals surface area contributed by atoms with Gasteiger partial charge in [-0.15, -0.1) is 24.8 Å². The zero-order chi connectivity index (χ0) is 41.6. The quantitative estimate of drug-likeness (QED) is 0.110. The molecule has 61 heavy (non-hydrogen) atoms. The molecule has 2 atom stereocenters. The third kappa shape index (κ3) is 10.4. The molecule has 4 aromatic rings. The number of rotatable bonds is 10. The van der Waals surface area contributed by atoms with Gasteiger partial charge >= 0.3 is 358 Å². The van der Waals surface area contributed by atoms with Crippen LogP contribution >= 0.6 is 24.8 Å². The van der Waals surface area contributed by atoms with Gasteiger partial charge in [-0.1, -0.05) is 0 Å². The molecule has 4 aliphatic carbocycles. The number of hydrogen-bond donors (Lipinski definition) is 0. The van der Waals surface area contributed by atoms with E-state index in [-0.39, 0.29) is 36.2 Å². The van der Waals surface area contributed by atoms with Crippen LogP contribution in [0.4, 0.5) is 13.2 Å². The molecule has 0 nitrogen and oxygen atoms in total. The Hall–Kier alpha value is -2.17. The van der Waals surface area contributed by atoms with Gasteiger partial charge < -0.3 is 0 Å². The average molecular weight is 965 g/mol. The Labute approximate surface area is 380 Å². The fraction of sp³-hybridized carbons (Fsp3) is 0.481. The van der Waals surface area contributed by atoms with E-state index in [4.69, 9.17) is 0 Å². The van der Waals surface area contributed by atoms with Gasteiger partial charge in [0.05, 0.1) is 0 Å². The van der Waals surface area contributed by atoms with Crippen LogP contribution in [-0.4, -0.2) is 13.1 Å². The van der Waals surface area contributed by atoms with Crippen molar-refractivity contribution in [2.24, 2.45) is 11.8 Å². The molecule has 0 heterocycles. The molecule has 0 aromatic heterocycles. The molecular weight excluding hydrogens is 896 g/mol. The van der Waals surface area contributed by atoms with Gasteiger partial charge in [0, 0.05) is 0 Å². The zero-order valence-electron chi connectivity index (χ0n) is 37.4. The van der Waals surface area contributed by atoms with Crippen LogP contribution in [0.15, 0.2) is 83.9 Å². The van der Waals surface area contributed by atoms with Crippen molar-refractivity contribution in [3.63, 3.8) is 0 Å². The maximum atomic E-state index is 15.1. The van der Waals surface area contributed by atoms with Crippen molar-refractivity contribution < 1.29 is 30.6 Å². The fourth-order valence-electron chi connectivity index (χ4n) is 12.8. The van der Waals surface area contributed by atoms with Crippen molar-refractivity contribution in [1.29, 1.82) is 0 Å². The normalized spacial score (nSPS) is 20.1. The average Bonchev–Trinajstić information content (AvgIpc) is 3.48. The van der Waals surface area contributed by atoms with Crippen molar-refractivity contribution in [2.75, 3.05) is 0 Å². The molecule has 0 radical (unpaired) electrons. The van der Waals surface area contributed by atoms with E-state index in [2.05, 4.69) is 124 Å². The zero-order valence-corrected chi connectivity index (χ0v) is 42.9. The van der Waals surface area contributed by atoms with Gasteiger partial charge in [0.15, 0.2) is 0 Å². The fourth-order valence-corrected chi connectivity index (χ4v) is 36.5. The molecule has 0 saturated heterocycles. The molecule has 0 amide bonds. The summed E-state index contributed by atoms with van der Waals surface area (Å²) in [5.74, 6) is 1.17. The van der Waals surface area contributed by atoms with Crippen molar-refractivity contribution in [3.8, 4) is 22.3 Å². The Balaban J connectivity index is 0.00000311. The van der Waals surface area contributed by atoms with Gasteiger partial charge in [0.1, 0.15) is 0 Å². The number of alkyl halides is 3. The van der Waals surface area contributed by atoms with Crippen LogP contribution in [0.1, 0.15) is 148 Å². The molecule has 7 heteroatoms. The van der Waals surface area contributed by atoms with Crippen LogP contribution in [0, 0.1) is 39.5 Å². The Morgan fingerprint density at radius 3 is 1.26 bits per heavy atom. The second kappa shape index (κ2) is 19.5. The predicted octanol–water partition coefficient (Wildman–Crippen LogP) is 17.1. The first-order valence-electron chi connectivity index (χ1n) is 23.1. The summed E-state index contributed by atoms with van der Waals surface area (Å²) < 4.78 is 48.2. The number of aryl methyl sites for hydroxylation is 4. The second-order valence-corrected chi connectivity index (χ2v) is 48.8. The second-order valence-electron chi connectivity index (χ2n) is 20.4. The van der Waals surface area contributed by atoms with E-state index in [0.29, 0.717) is 11.8 Å². The van der Waals surface area contributed by atoms with E-state index in [1.54, 1.807) is 0 Å². The topological polar surface area (TPSA) is 0 Å². The first kappa shape index (κ1) is 48.3.